The molecule has 3 aliphatic rings. The molecule has 8 heteroatoms. The van der Waals surface area contributed by atoms with Crippen molar-refractivity contribution in [1.29, 1.82) is 0 Å². The Kier molecular flexibility index (Phi) is 4.05. The van der Waals surface area contributed by atoms with E-state index in [9.17, 15) is 4.39 Å². The van der Waals surface area contributed by atoms with E-state index in [1.165, 1.54) is 25.5 Å². The maximum atomic E-state index is 14.5. The van der Waals surface area contributed by atoms with Crippen LogP contribution in [0.5, 0.6) is 0 Å². The predicted molar refractivity (Wildman–Crippen MR) is 93.4 cm³/mol. The fraction of sp³-hybridized carbons (Fsp3) is 0.765. The van der Waals surface area contributed by atoms with Crippen LogP contribution in [0, 0.1) is 5.92 Å². The van der Waals surface area contributed by atoms with E-state index in [-0.39, 0.29) is 0 Å². The van der Waals surface area contributed by atoms with Gasteiger partial charge in [-0.2, -0.15) is 0 Å². The number of nitrogens with zero attached hydrogens (tertiary/aromatic N) is 4. The zero-order valence-electron chi connectivity index (χ0n) is 15.4. The molecule has 1 aromatic heterocycles. The summed E-state index contributed by atoms with van der Waals surface area (Å²) in [5.41, 5.74) is -1.10. The highest BCUT2D eigenvalue weighted by atomic mass is 19.1. The van der Waals surface area contributed by atoms with Crippen LogP contribution < -0.4 is 0 Å². The Balaban J connectivity index is 1.36. The quantitative estimate of drug-likeness (QED) is 0.766. The molecule has 0 atom stereocenters. The van der Waals surface area contributed by atoms with Crippen LogP contribution in [-0.4, -0.2) is 57.8 Å². The number of halogens is 1. The maximum absolute atomic E-state index is 14.5. The van der Waals surface area contributed by atoms with Crippen LogP contribution in [0.15, 0.2) is 11.9 Å². The number of rotatable bonds is 5. The van der Waals surface area contributed by atoms with Gasteiger partial charge in [0, 0.05) is 19.6 Å². The van der Waals surface area contributed by atoms with Crippen LogP contribution in [-0.2, 0) is 9.31 Å². The van der Waals surface area contributed by atoms with Crippen molar-refractivity contribution in [3.63, 3.8) is 0 Å². The van der Waals surface area contributed by atoms with Crippen molar-refractivity contribution in [2.24, 2.45) is 5.92 Å². The number of hydrogen-bond acceptors (Lipinski definition) is 5. The second kappa shape index (κ2) is 5.89. The summed E-state index contributed by atoms with van der Waals surface area (Å²) in [5, 5.41) is 8.22. The first-order valence-corrected chi connectivity index (χ1v) is 9.10. The highest BCUT2D eigenvalue weighted by Gasteiger charge is 2.53. The van der Waals surface area contributed by atoms with Crippen molar-refractivity contribution in [3.05, 3.63) is 17.6 Å². The van der Waals surface area contributed by atoms with Gasteiger partial charge in [0.15, 0.2) is 0 Å². The summed E-state index contributed by atoms with van der Waals surface area (Å²) in [6.07, 6.45) is 5.89. The number of hydrogen-bond donors (Lipinski definition) is 0. The third-order valence-electron chi connectivity index (χ3n) is 5.82. The van der Waals surface area contributed by atoms with Gasteiger partial charge < -0.3 is 9.31 Å². The molecule has 1 aromatic rings. The van der Waals surface area contributed by atoms with Gasteiger partial charge in [0.05, 0.1) is 23.4 Å². The molecule has 0 aromatic carbocycles. The molecule has 3 fully saturated rings. The number of likely N-dealkylation sites (tertiary alicyclic amines) is 1. The molecule has 2 saturated heterocycles. The van der Waals surface area contributed by atoms with E-state index in [4.69, 9.17) is 9.31 Å². The zero-order chi connectivity index (χ0) is 17.8. The van der Waals surface area contributed by atoms with E-state index >= 15 is 0 Å². The Bertz CT molecular complexity index is 664. The lowest BCUT2D eigenvalue weighted by molar-refractivity contribution is 0.00578. The SMILES string of the molecule is CC1(C)OB(C(F)=Cc2cn(C3CN(CC4CC4)C3)nn2)OC1(C)C. The van der Waals surface area contributed by atoms with Gasteiger partial charge >= 0.3 is 7.12 Å². The van der Waals surface area contributed by atoms with Gasteiger partial charge in [-0.15, -0.1) is 5.10 Å². The Labute approximate surface area is 148 Å². The van der Waals surface area contributed by atoms with E-state index < -0.39 is 24.0 Å². The van der Waals surface area contributed by atoms with Crippen molar-refractivity contribution >= 4 is 13.2 Å². The molecule has 1 saturated carbocycles. The molecule has 0 spiro atoms. The average Bonchev–Trinajstić information content (AvgIpc) is 3.13. The second-order valence-electron chi connectivity index (χ2n) is 8.56. The Hall–Kier alpha value is -1.25. The number of aromatic nitrogens is 3. The summed E-state index contributed by atoms with van der Waals surface area (Å²) in [5.74, 6) is 0.907. The van der Waals surface area contributed by atoms with Crippen molar-refractivity contribution in [2.45, 2.75) is 57.8 Å². The predicted octanol–water partition coefficient (Wildman–Crippen LogP) is 2.49. The van der Waals surface area contributed by atoms with Crippen molar-refractivity contribution in [2.75, 3.05) is 19.6 Å². The van der Waals surface area contributed by atoms with E-state index in [1.54, 1.807) is 6.20 Å². The molecular weight excluding hydrogens is 322 g/mol. The van der Waals surface area contributed by atoms with Gasteiger partial charge in [-0.1, -0.05) is 5.21 Å². The van der Waals surface area contributed by atoms with E-state index in [0.29, 0.717) is 11.7 Å². The van der Waals surface area contributed by atoms with Gasteiger partial charge in [0.1, 0.15) is 11.4 Å². The monoisotopic (exact) mass is 348 g/mol. The molecule has 0 N–H and O–H groups in total. The molecule has 3 heterocycles. The van der Waals surface area contributed by atoms with E-state index in [1.807, 2.05) is 32.4 Å². The molecule has 0 amide bonds. The normalized spacial score (nSPS) is 26.9. The molecule has 1 aliphatic carbocycles. The van der Waals surface area contributed by atoms with Gasteiger partial charge in [-0.3, -0.25) is 4.90 Å². The van der Waals surface area contributed by atoms with Gasteiger partial charge in [0.25, 0.3) is 0 Å². The first kappa shape index (κ1) is 17.2. The minimum atomic E-state index is -0.993. The van der Waals surface area contributed by atoms with Gasteiger partial charge in [-0.25, -0.2) is 9.07 Å². The van der Waals surface area contributed by atoms with Gasteiger partial charge in [0.2, 0.25) is 0 Å². The van der Waals surface area contributed by atoms with Crippen LogP contribution in [0.2, 0.25) is 0 Å². The summed E-state index contributed by atoms with van der Waals surface area (Å²) >= 11 is 0. The lowest BCUT2D eigenvalue weighted by Crippen LogP contribution is -2.48. The van der Waals surface area contributed by atoms with Crippen LogP contribution in [0.4, 0.5) is 4.39 Å². The summed E-state index contributed by atoms with van der Waals surface area (Å²) in [7, 11) is -0.993. The van der Waals surface area contributed by atoms with Crippen molar-refractivity contribution in [1.82, 2.24) is 19.9 Å². The molecule has 2 aliphatic heterocycles. The minimum absolute atomic E-state index is 0.341. The summed E-state index contributed by atoms with van der Waals surface area (Å²) in [6, 6.07) is 0.341. The van der Waals surface area contributed by atoms with Crippen molar-refractivity contribution < 1.29 is 13.7 Å². The second-order valence-corrected chi connectivity index (χ2v) is 8.56. The van der Waals surface area contributed by atoms with Crippen LogP contribution in [0.3, 0.4) is 0 Å². The Morgan fingerprint density at radius 1 is 1.28 bits per heavy atom. The highest BCUT2D eigenvalue weighted by Crippen LogP contribution is 2.39. The lowest BCUT2D eigenvalue weighted by atomic mass is 9.87. The largest absolute Gasteiger partial charge is 0.525 e. The molecule has 6 nitrogen and oxygen atoms in total. The molecule has 4 rings (SSSR count). The topological polar surface area (TPSA) is 52.4 Å². The molecule has 0 bridgehead atoms. The third-order valence-corrected chi connectivity index (χ3v) is 5.82. The zero-order valence-corrected chi connectivity index (χ0v) is 15.4. The fourth-order valence-corrected chi connectivity index (χ4v) is 3.22. The fourth-order valence-electron chi connectivity index (χ4n) is 3.22. The molecular formula is C17H26BFN4O2. The maximum Gasteiger partial charge on any atom is 0.525 e. The Morgan fingerprint density at radius 3 is 2.52 bits per heavy atom. The smallest absolute Gasteiger partial charge is 0.398 e. The van der Waals surface area contributed by atoms with Gasteiger partial charge in [-0.05, 0) is 52.5 Å². The molecule has 25 heavy (non-hydrogen) atoms. The summed E-state index contributed by atoms with van der Waals surface area (Å²) in [6.45, 7) is 10.8. The van der Waals surface area contributed by atoms with Crippen LogP contribution in [0.25, 0.3) is 6.08 Å². The minimum Gasteiger partial charge on any atom is -0.398 e. The van der Waals surface area contributed by atoms with Crippen LogP contribution >= 0.6 is 0 Å². The Morgan fingerprint density at radius 2 is 1.92 bits per heavy atom. The highest BCUT2D eigenvalue weighted by molar-refractivity contribution is 6.54. The molecule has 0 radical (unpaired) electrons. The van der Waals surface area contributed by atoms with E-state index in [2.05, 4.69) is 15.2 Å². The average molecular weight is 348 g/mol. The summed E-state index contributed by atoms with van der Waals surface area (Å²) in [4.78, 5) is 2.45. The summed E-state index contributed by atoms with van der Waals surface area (Å²) < 4.78 is 27.8. The van der Waals surface area contributed by atoms with Crippen molar-refractivity contribution in [3.8, 4) is 0 Å². The van der Waals surface area contributed by atoms with Crippen LogP contribution in [0.1, 0.15) is 52.3 Å². The van der Waals surface area contributed by atoms with E-state index in [0.717, 1.165) is 19.0 Å². The lowest BCUT2D eigenvalue weighted by Gasteiger charge is -2.38. The standard InChI is InChI=1S/C17H26BFN4O2/c1-16(2)17(3,4)25-18(24-16)15(19)7-13-9-23(21-20-13)14-10-22(11-14)8-12-5-6-12/h7,9,12,14H,5-6,8,10-11H2,1-4H3. The molecule has 0 unspecified atom stereocenters. The third kappa shape index (κ3) is 3.39. The molecule has 136 valence electrons. The first-order valence-electron chi connectivity index (χ1n) is 9.10. The first-order chi connectivity index (χ1) is 11.7.